The van der Waals surface area contributed by atoms with Gasteiger partial charge in [0.1, 0.15) is 0 Å². The third-order valence-corrected chi connectivity index (χ3v) is 6.53. The van der Waals surface area contributed by atoms with E-state index < -0.39 is 10.8 Å². The van der Waals surface area contributed by atoms with E-state index in [-0.39, 0.29) is 12.4 Å². The van der Waals surface area contributed by atoms with Crippen molar-refractivity contribution in [3.8, 4) is 0 Å². The standard InChI is InChI=1S/C19H24N4OS.ClH/c1-21-15-25(24)19-13-16(4-5-18(19)21)6-8-22-9-11-23(12-10-22)17-3-2-7-20-14-17;/h2-5,7,13-14H,6,8-12,15H2,1H3;1H. The Morgan fingerprint density at radius 3 is 2.69 bits per heavy atom. The molecule has 0 aliphatic carbocycles. The van der Waals surface area contributed by atoms with Crippen LogP contribution >= 0.6 is 12.4 Å². The van der Waals surface area contributed by atoms with Gasteiger partial charge in [0.2, 0.25) is 0 Å². The molecule has 0 amide bonds. The predicted molar refractivity (Wildman–Crippen MR) is 110 cm³/mol. The minimum atomic E-state index is -0.873. The fraction of sp³-hybridized carbons (Fsp3) is 0.421. The molecule has 1 saturated heterocycles. The number of halogens is 1. The second-order valence-corrected chi connectivity index (χ2v) is 8.15. The highest BCUT2D eigenvalue weighted by atomic mass is 35.5. The van der Waals surface area contributed by atoms with Crippen molar-refractivity contribution < 1.29 is 4.21 Å². The number of pyridine rings is 1. The van der Waals surface area contributed by atoms with Crippen molar-refractivity contribution >= 4 is 34.6 Å². The van der Waals surface area contributed by atoms with Gasteiger partial charge in [0.05, 0.1) is 39.1 Å². The maximum Gasteiger partial charge on any atom is 0.0982 e. The van der Waals surface area contributed by atoms with Gasteiger partial charge in [0, 0.05) is 46.0 Å². The highest BCUT2D eigenvalue weighted by molar-refractivity contribution is 7.85. The fourth-order valence-corrected chi connectivity index (χ4v) is 4.95. The summed E-state index contributed by atoms with van der Waals surface area (Å²) in [5, 5.41) is 0. The molecular weight excluding hydrogens is 368 g/mol. The molecule has 2 aromatic rings. The van der Waals surface area contributed by atoms with Crippen LogP contribution in [0.2, 0.25) is 0 Å². The number of fused-ring (bicyclic) bond motifs is 1. The summed E-state index contributed by atoms with van der Waals surface area (Å²) < 4.78 is 12.2. The minimum absolute atomic E-state index is 0. The average molecular weight is 393 g/mol. The number of piperazine rings is 1. The van der Waals surface area contributed by atoms with Gasteiger partial charge in [-0.15, -0.1) is 12.4 Å². The van der Waals surface area contributed by atoms with Gasteiger partial charge in [-0.25, -0.2) is 0 Å². The summed E-state index contributed by atoms with van der Waals surface area (Å²) in [5.41, 5.74) is 3.62. The van der Waals surface area contributed by atoms with Crippen molar-refractivity contribution in [1.82, 2.24) is 9.88 Å². The second-order valence-electron chi connectivity index (χ2n) is 6.76. The van der Waals surface area contributed by atoms with E-state index in [2.05, 4.69) is 43.9 Å². The van der Waals surface area contributed by atoms with Gasteiger partial charge in [-0.2, -0.15) is 0 Å². The van der Waals surface area contributed by atoms with E-state index in [4.69, 9.17) is 0 Å². The van der Waals surface area contributed by atoms with Crippen molar-refractivity contribution in [3.05, 3.63) is 48.3 Å². The molecule has 0 radical (unpaired) electrons. The van der Waals surface area contributed by atoms with Crippen molar-refractivity contribution in [3.63, 3.8) is 0 Å². The summed E-state index contributed by atoms with van der Waals surface area (Å²) in [6, 6.07) is 10.6. The third kappa shape index (κ3) is 4.03. The Kier molecular flexibility index (Phi) is 6.16. The molecule has 1 aromatic heterocycles. The molecule has 1 fully saturated rings. The number of anilines is 2. The Balaban J connectivity index is 0.00000196. The predicted octanol–water partition coefficient (Wildman–Crippen LogP) is 2.38. The molecule has 7 heteroatoms. The first-order valence-electron chi connectivity index (χ1n) is 8.80. The van der Waals surface area contributed by atoms with Gasteiger partial charge >= 0.3 is 0 Å². The van der Waals surface area contributed by atoms with E-state index in [1.165, 1.54) is 11.3 Å². The highest BCUT2D eigenvalue weighted by Gasteiger charge is 2.23. The molecule has 1 unspecified atom stereocenters. The Morgan fingerprint density at radius 1 is 1.15 bits per heavy atom. The van der Waals surface area contributed by atoms with Gasteiger partial charge < -0.3 is 9.80 Å². The molecule has 1 aromatic carbocycles. The van der Waals surface area contributed by atoms with E-state index >= 15 is 0 Å². The van der Waals surface area contributed by atoms with E-state index in [1.54, 1.807) is 0 Å². The lowest BCUT2D eigenvalue weighted by atomic mass is 10.1. The topological polar surface area (TPSA) is 39.7 Å². The summed E-state index contributed by atoms with van der Waals surface area (Å²) in [4.78, 5) is 12.2. The Hall–Kier alpha value is -1.63. The fourth-order valence-electron chi connectivity index (χ4n) is 3.58. The average Bonchev–Trinajstić information content (AvgIpc) is 2.95. The summed E-state index contributed by atoms with van der Waals surface area (Å²) in [5.74, 6) is 0.620. The molecule has 2 aliphatic rings. The first kappa shape index (κ1) is 19.1. The highest BCUT2D eigenvalue weighted by Crippen LogP contribution is 2.31. The van der Waals surface area contributed by atoms with E-state index in [0.717, 1.165) is 49.7 Å². The maximum atomic E-state index is 12.2. The Bertz CT molecular complexity index is 765. The van der Waals surface area contributed by atoms with Crippen LogP contribution in [0.5, 0.6) is 0 Å². The molecule has 26 heavy (non-hydrogen) atoms. The number of hydrogen-bond acceptors (Lipinski definition) is 5. The van der Waals surface area contributed by atoms with Crippen LogP contribution in [-0.2, 0) is 17.2 Å². The lowest BCUT2D eigenvalue weighted by Gasteiger charge is -2.35. The van der Waals surface area contributed by atoms with Crippen molar-refractivity contribution in [2.24, 2.45) is 0 Å². The quantitative estimate of drug-likeness (QED) is 0.798. The van der Waals surface area contributed by atoms with Crippen LogP contribution in [0.4, 0.5) is 11.4 Å². The van der Waals surface area contributed by atoms with Crippen molar-refractivity contribution in [1.29, 1.82) is 0 Å². The number of aromatic nitrogens is 1. The first-order chi connectivity index (χ1) is 12.2. The molecule has 0 N–H and O–H groups in total. The maximum absolute atomic E-state index is 12.2. The smallest absolute Gasteiger partial charge is 0.0982 e. The summed E-state index contributed by atoms with van der Waals surface area (Å²) in [6.45, 7) is 5.31. The van der Waals surface area contributed by atoms with Crippen LogP contribution in [-0.4, -0.2) is 59.7 Å². The molecule has 4 rings (SSSR count). The third-order valence-electron chi connectivity index (χ3n) is 5.09. The number of benzene rings is 1. The van der Waals surface area contributed by atoms with Crippen LogP contribution in [0.15, 0.2) is 47.6 Å². The summed E-state index contributed by atoms with van der Waals surface area (Å²) >= 11 is 0. The molecule has 0 bridgehead atoms. The monoisotopic (exact) mass is 392 g/mol. The molecule has 5 nitrogen and oxygen atoms in total. The number of rotatable bonds is 4. The zero-order valence-corrected chi connectivity index (χ0v) is 16.6. The number of nitrogens with zero attached hydrogens (tertiary/aromatic N) is 4. The van der Waals surface area contributed by atoms with Crippen molar-refractivity contribution in [2.45, 2.75) is 11.3 Å². The normalized spacial score (nSPS) is 20.0. The zero-order chi connectivity index (χ0) is 17.2. The van der Waals surface area contributed by atoms with E-state index in [1.807, 2.05) is 25.5 Å². The van der Waals surface area contributed by atoms with Gasteiger partial charge in [-0.3, -0.25) is 14.1 Å². The largest absolute Gasteiger partial charge is 0.368 e. The van der Waals surface area contributed by atoms with Gasteiger partial charge in [0.15, 0.2) is 0 Å². The molecule has 3 heterocycles. The van der Waals surface area contributed by atoms with Crippen LogP contribution < -0.4 is 9.80 Å². The van der Waals surface area contributed by atoms with Crippen LogP contribution in [0.3, 0.4) is 0 Å². The van der Waals surface area contributed by atoms with Crippen molar-refractivity contribution in [2.75, 3.05) is 55.4 Å². The number of hydrogen-bond donors (Lipinski definition) is 0. The Labute approximate surface area is 163 Å². The van der Waals surface area contributed by atoms with Gasteiger partial charge in [-0.05, 0) is 36.2 Å². The van der Waals surface area contributed by atoms with Crippen LogP contribution in [0.1, 0.15) is 5.56 Å². The van der Waals surface area contributed by atoms with Crippen LogP contribution in [0, 0.1) is 0 Å². The Morgan fingerprint density at radius 2 is 1.96 bits per heavy atom. The van der Waals surface area contributed by atoms with Gasteiger partial charge in [0.25, 0.3) is 0 Å². The molecule has 2 aliphatic heterocycles. The van der Waals surface area contributed by atoms with Crippen LogP contribution in [0.25, 0.3) is 0 Å². The van der Waals surface area contributed by atoms with E-state index in [9.17, 15) is 4.21 Å². The lowest BCUT2D eigenvalue weighted by molar-refractivity contribution is 0.261. The van der Waals surface area contributed by atoms with Gasteiger partial charge in [-0.1, -0.05) is 6.07 Å². The summed E-state index contributed by atoms with van der Waals surface area (Å²) in [6.07, 6.45) is 4.78. The molecule has 1 atom stereocenters. The molecule has 140 valence electrons. The summed E-state index contributed by atoms with van der Waals surface area (Å²) in [7, 11) is 1.13. The second kappa shape index (κ2) is 8.37. The molecule has 0 spiro atoms. The first-order valence-corrected chi connectivity index (χ1v) is 10.1. The van der Waals surface area contributed by atoms with E-state index in [0.29, 0.717) is 5.88 Å². The SMILES string of the molecule is CN1CS(=O)c2cc(CCN3CCN(c4cccnc4)CC3)ccc21.Cl. The lowest BCUT2D eigenvalue weighted by Crippen LogP contribution is -2.47. The molecule has 0 saturated carbocycles. The molecular formula is C19H25ClN4OS. The minimum Gasteiger partial charge on any atom is -0.368 e. The zero-order valence-electron chi connectivity index (χ0n) is 15.0.